The first-order valence-corrected chi connectivity index (χ1v) is 7.51. The average molecular weight is 264 g/mol. The number of hydrogen-bond acceptors (Lipinski definition) is 4. The predicted octanol–water partition coefficient (Wildman–Crippen LogP) is 2.36. The first kappa shape index (κ1) is 13.1. The number of hydrogen-bond donors (Lipinski definition) is 1. The molecule has 0 radical (unpaired) electrons. The Bertz CT molecular complexity index is 405. The fraction of sp³-hybridized carbons (Fsp3) is 0.800. The molecule has 2 fully saturated rings. The lowest BCUT2D eigenvalue weighted by Gasteiger charge is -2.18. The summed E-state index contributed by atoms with van der Waals surface area (Å²) in [6, 6.07) is 0. The number of oxazole rings is 1. The van der Waals surface area contributed by atoms with Crippen LogP contribution in [0.15, 0.2) is 10.6 Å². The summed E-state index contributed by atoms with van der Waals surface area (Å²) in [7, 11) is 1.72. The minimum atomic E-state index is 0.654. The molecule has 0 amide bonds. The number of methoxy groups -OCH3 is 1. The highest BCUT2D eigenvalue weighted by molar-refractivity contribution is 5.10. The highest BCUT2D eigenvalue weighted by Gasteiger charge is 2.41. The predicted molar refractivity (Wildman–Crippen MR) is 73.1 cm³/mol. The van der Waals surface area contributed by atoms with Gasteiger partial charge >= 0.3 is 0 Å². The number of ether oxygens (including phenoxy) is 1. The van der Waals surface area contributed by atoms with Crippen LogP contribution < -0.4 is 5.32 Å². The summed E-state index contributed by atoms with van der Waals surface area (Å²) >= 11 is 0. The van der Waals surface area contributed by atoms with Crippen molar-refractivity contribution in [3.05, 3.63) is 17.8 Å². The topological polar surface area (TPSA) is 47.3 Å². The van der Waals surface area contributed by atoms with E-state index in [9.17, 15) is 0 Å². The Balaban J connectivity index is 1.47. The molecule has 0 spiro atoms. The van der Waals surface area contributed by atoms with Gasteiger partial charge in [0.15, 0.2) is 5.89 Å². The first-order valence-electron chi connectivity index (χ1n) is 7.51. The SMILES string of the molecule is COCCNCCc1ncc(C2CC3CCC2C3)o1. The van der Waals surface area contributed by atoms with Crippen molar-refractivity contribution in [1.82, 2.24) is 10.3 Å². The summed E-state index contributed by atoms with van der Waals surface area (Å²) in [5, 5.41) is 3.32. The number of nitrogens with zero attached hydrogens (tertiary/aromatic N) is 1. The lowest BCUT2D eigenvalue weighted by Crippen LogP contribution is -2.21. The molecule has 2 saturated carbocycles. The van der Waals surface area contributed by atoms with Crippen LogP contribution in [0.4, 0.5) is 0 Å². The number of fused-ring (bicyclic) bond motifs is 2. The van der Waals surface area contributed by atoms with Gasteiger partial charge in [-0.15, -0.1) is 0 Å². The van der Waals surface area contributed by atoms with Gasteiger partial charge in [-0.05, 0) is 31.1 Å². The molecule has 1 aromatic rings. The summed E-state index contributed by atoms with van der Waals surface area (Å²) in [6.45, 7) is 2.54. The molecule has 1 heterocycles. The molecule has 2 bridgehead atoms. The van der Waals surface area contributed by atoms with Crippen LogP contribution in [-0.4, -0.2) is 31.8 Å². The van der Waals surface area contributed by atoms with Gasteiger partial charge in [0.2, 0.25) is 0 Å². The van der Waals surface area contributed by atoms with Crippen molar-refractivity contribution in [3.8, 4) is 0 Å². The van der Waals surface area contributed by atoms with E-state index >= 15 is 0 Å². The molecule has 3 rings (SSSR count). The molecule has 2 aliphatic rings. The molecule has 3 unspecified atom stereocenters. The maximum Gasteiger partial charge on any atom is 0.195 e. The summed E-state index contributed by atoms with van der Waals surface area (Å²) in [6.07, 6.45) is 8.40. The zero-order valence-electron chi connectivity index (χ0n) is 11.7. The first-order chi connectivity index (χ1) is 9.36. The van der Waals surface area contributed by atoms with Gasteiger partial charge in [-0.1, -0.05) is 6.42 Å². The van der Waals surface area contributed by atoms with Crippen LogP contribution in [0.5, 0.6) is 0 Å². The van der Waals surface area contributed by atoms with Crippen molar-refractivity contribution in [2.45, 2.75) is 38.0 Å². The normalized spacial score (nSPS) is 29.2. The van der Waals surface area contributed by atoms with E-state index in [1.165, 1.54) is 25.7 Å². The van der Waals surface area contributed by atoms with Gasteiger partial charge in [-0.2, -0.15) is 0 Å². The van der Waals surface area contributed by atoms with Crippen LogP contribution in [0.2, 0.25) is 0 Å². The summed E-state index contributed by atoms with van der Waals surface area (Å²) in [5.41, 5.74) is 0. The molecule has 4 heteroatoms. The third kappa shape index (κ3) is 3.00. The van der Waals surface area contributed by atoms with Gasteiger partial charge in [-0.3, -0.25) is 0 Å². The van der Waals surface area contributed by atoms with Crippen LogP contribution in [0, 0.1) is 11.8 Å². The highest BCUT2D eigenvalue weighted by Crippen LogP contribution is 2.52. The van der Waals surface area contributed by atoms with Crippen LogP contribution in [-0.2, 0) is 11.2 Å². The zero-order chi connectivity index (χ0) is 13.1. The minimum Gasteiger partial charge on any atom is -0.445 e. The van der Waals surface area contributed by atoms with E-state index in [1.54, 1.807) is 7.11 Å². The van der Waals surface area contributed by atoms with Gasteiger partial charge in [0.25, 0.3) is 0 Å². The summed E-state index contributed by atoms with van der Waals surface area (Å²) < 4.78 is 10.9. The fourth-order valence-corrected chi connectivity index (χ4v) is 3.70. The largest absolute Gasteiger partial charge is 0.445 e. The molecule has 4 nitrogen and oxygen atoms in total. The second-order valence-corrected chi connectivity index (χ2v) is 5.93. The molecule has 1 N–H and O–H groups in total. The standard InChI is InChI=1S/C15H24N2O2/c1-18-7-6-16-5-4-15-17-10-14(19-15)13-9-11-2-3-12(13)8-11/h10-13,16H,2-9H2,1H3. The zero-order valence-corrected chi connectivity index (χ0v) is 11.7. The molecule has 0 aromatic carbocycles. The second-order valence-electron chi connectivity index (χ2n) is 5.93. The van der Waals surface area contributed by atoms with Crippen molar-refractivity contribution >= 4 is 0 Å². The Hall–Kier alpha value is -0.870. The van der Waals surface area contributed by atoms with Crippen molar-refractivity contribution < 1.29 is 9.15 Å². The molecule has 2 aliphatic carbocycles. The lowest BCUT2D eigenvalue weighted by molar-refractivity contribution is 0.199. The van der Waals surface area contributed by atoms with Gasteiger partial charge in [-0.25, -0.2) is 4.98 Å². The minimum absolute atomic E-state index is 0.654. The van der Waals surface area contributed by atoms with Gasteiger partial charge in [0.05, 0.1) is 12.8 Å². The monoisotopic (exact) mass is 264 g/mol. The molecule has 106 valence electrons. The van der Waals surface area contributed by atoms with E-state index in [0.29, 0.717) is 5.92 Å². The molecule has 0 saturated heterocycles. The fourth-order valence-electron chi connectivity index (χ4n) is 3.70. The molecular weight excluding hydrogens is 240 g/mol. The van der Waals surface area contributed by atoms with E-state index < -0.39 is 0 Å². The van der Waals surface area contributed by atoms with Crippen LogP contribution in [0.1, 0.15) is 43.3 Å². The van der Waals surface area contributed by atoms with Crippen molar-refractivity contribution in [2.75, 3.05) is 26.8 Å². The van der Waals surface area contributed by atoms with Crippen LogP contribution in [0.3, 0.4) is 0 Å². The quantitative estimate of drug-likeness (QED) is 0.768. The second kappa shape index (κ2) is 6.06. The van der Waals surface area contributed by atoms with Crippen molar-refractivity contribution in [3.63, 3.8) is 0 Å². The Morgan fingerprint density at radius 2 is 2.32 bits per heavy atom. The summed E-state index contributed by atoms with van der Waals surface area (Å²) in [5.74, 6) is 4.49. The van der Waals surface area contributed by atoms with E-state index in [2.05, 4.69) is 10.3 Å². The Labute approximate surface area is 114 Å². The smallest absolute Gasteiger partial charge is 0.195 e. The number of aromatic nitrogens is 1. The molecule has 0 aliphatic heterocycles. The van der Waals surface area contributed by atoms with E-state index in [4.69, 9.17) is 9.15 Å². The van der Waals surface area contributed by atoms with Gasteiger partial charge < -0.3 is 14.5 Å². The van der Waals surface area contributed by atoms with Crippen molar-refractivity contribution in [2.24, 2.45) is 11.8 Å². The summed E-state index contributed by atoms with van der Waals surface area (Å²) in [4.78, 5) is 4.42. The average Bonchev–Trinajstić information content (AvgIpc) is 3.14. The van der Waals surface area contributed by atoms with E-state index in [1.807, 2.05) is 6.20 Å². The van der Waals surface area contributed by atoms with E-state index in [-0.39, 0.29) is 0 Å². The van der Waals surface area contributed by atoms with E-state index in [0.717, 1.165) is 49.6 Å². The van der Waals surface area contributed by atoms with Crippen LogP contribution >= 0.6 is 0 Å². The lowest BCUT2D eigenvalue weighted by atomic mass is 9.87. The van der Waals surface area contributed by atoms with Crippen molar-refractivity contribution in [1.29, 1.82) is 0 Å². The third-order valence-corrected chi connectivity index (χ3v) is 4.67. The third-order valence-electron chi connectivity index (χ3n) is 4.67. The highest BCUT2D eigenvalue weighted by atomic mass is 16.5. The maximum absolute atomic E-state index is 5.94. The molecular formula is C15H24N2O2. The number of rotatable bonds is 7. The Kier molecular flexibility index (Phi) is 4.18. The molecule has 3 atom stereocenters. The van der Waals surface area contributed by atoms with Crippen LogP contribution in [0.25, 0.3) is 0 Å². The van der Waals surface area contributed by atoms with Gasteiger partial charge in [0, 0.05) is 32.5 Å². The molecule has 1 aromatic heterocycles. The Morgan fingerprint density at radius 1 is 1.37 bits per heavy atom. The maximum atomic E-state index is 5.94. The number of nitrogens with one attached hydrogen (secondary N) is 1. The Morgan fingerprint density at radius 3 is 3.05 bits per heavy atom. The van der Waals surface area contributed by atoms with Gasteiger partial charge in [0.1, 0.15) is 5.76 Å². The molecule has 19 heavy (non-hydrogen) atoms.